The van der Waals surface area contributed by atoms with Crippen molar-refractivity contribution in [1.82, 2.24) is 19.1 Å². The molecule has 12 heteroatoms. The lowest BCUT2D eigenvalue weighted by atomic mass is 10.3. The van der Waals surface area contributed by atoms with E-state index in [-0.39, 0.29) is 49.3 Å². The number of nitrogens with zero attached hydrogens (tertiary/aromatic N) is 4. The molecule has 30 heavy (non-hydrogen) atoms. The molecule has 2 aromatic rings. The Labute approximate surface area is 173 Å². The normalized spacial score (nSPS) is 10.7. The summed E-state index contributed by atoms with van der Waals surface area (Å²) in [5, 5.41) is 5.22. The van der Waals surface area contributed by atoms with Gasteiger partial charge in [-0.05, 0) is 13.3 Å². The molecule has 0 bridgehead atoms. The molecule has 0 unspecified atom stereocenters. The van der Waals surface area contributed by atoms with Crippen LogP contribution in [-0.4, -0.2) is 57.7 Å². The van der Waals surface area contributed by atoms with Crippen LogP contribution in [0.15, 0.2) is 12.4 Å². The average Bonchev–Trinajstić information content (AvgIpc) is 3.27. The number of imidazole rings is 2. The first kappa shape index (κ1) is 23.0. The van der Waals surface area contributed by atoms with E-state index in [0.717, 1.165) is 0 Å². The molecule has 0 aliphatic heterocycles. The average molecular weight is 422 g/mol. The fourth-order valence-corrected chi connectivity index (χ4v) is 2.57. The molecule has 2 rings (SSSR count). The summed E-state index contributed by atoms with van der Waals surface area (Å²) in [7, 11) is 2.93. The van der Waals surface area contributed by atoms with Gasteiger partial charge in [0.25, 0.3) is 5.91 Å². The Morgan fingerprint density at radius 2 is 1.50 bits per heavy atom. The second kappa shape index (κ2) is 11.1. The molecule has 0 aromatic carbocycles. The summed E-state index contributed by atoms with van der Waals surface area (Å²) in [5.41, 5.74) is 0. The maximum absolute atomic E-state index is 12.7. The number of carbonyl (C=O) groups excluding carboxylic acids is 3. The molecule has 0 aliphatic rings. The molecule has 0 fully saturated rings. The van der Waals surface area contributed by atoms with Crippen molar-refractivity contribution in [2.75, 3.05) is 31.5 Å². The minimum Gasteiger partial charge on any atom is -0.460 e. The van der Waals surface area contributed by atoms with Crippen molar-refractivity contribution in [3.63, 3.8) is 0 Å². The van der Waals surface area contributed by atoms with Crippen LogP contribution in [-0.2, 0) is 32.5 Å². The van der Waals surface area contributed by atoms with Gasteiger partial charge in [0.05, 0.1) is 19.0 Å². The first-order valence-electron chi connectivity index (χ1n) is 9.33. The first-order chi connectivity index (χ1) is 14.4. The van der Waals surface area contributed by atoms with Crippen LogP contribution in [0.3, 0.4) is 0 Å². The fourth-order valence-electron chi connectivity index (χ4n) is 2.57. The van der Waals surface area contributed by atoms with Crippen molar-refractivity contribution in [3.8, 4) is 0 Å². The van der Waals surface area contributed by atoms with Gasteiger partial charge in [-0.15, -0.1) is 0 Å². The lowest BCUT2D eigenvalue weighted by Crippen LogP contribution is -2.19. The van der Waals surface area contributed by atoms with Crippen LogP contribution in [0.4, 0.5) is 11.6 Å². The van der Waals surface area contributed by atoms with Crippen molar-refractivity contribution in [2.24, 2.45) is 0 Å². The van der Waals surface area contributed by atoms with Crippen molar-refractivity contribution in [2.45, 2.75) is 40.2 Å². The van der Waals surface area contributed by atoms with E-state index < -0.39 is 11.9 Å². The Morgan fingerprint density at radius 1 is 0.933 bits per heavy atom. The number of nitrogens with one attached hydrogen (secondary N) is 2. The number of hydrogen-bond donors (Lipinski definition) is 2. The minimum atomic E-state index is -0.642. The maximum Gasteiger partial charge on any atom is 0.374 e. The Kier molecular flexibility index (Phi) is 8.50. The van der Waals surface area contributed by atoms with Crippen molar-refractivity contribution in [1.29, 1.82) is 0 Å². The number of hydrogen-bond acceptors (Lipinski definition) is 8. The van der Waals surface area contributed by atoms with Gasteiger partial charge < -0.3 is 29.4 Å². The molecular formula is C18H26N6O6. The lowest BCUT2D eigenvalue weighted by Gasteiger charge is -2.05. The summed E-state index contributed by atoms with van der Waals surface area (Å²) in [6.45, 7) is 3.84. The van der Waals surface area contributed by atoms with Gasteiger partial charge in [0.2, 0.25) is 17.6 Å². The molecule has 0 saturated heterocycles. The molecule has 164 valence electrons. The van der Waals surface area contributed by atoms with Crippen molar-refractivity contribution in [3.05, 3.63) is 24.0 Å². The predicted molar refractivity (Wildman–Crippen MR) is 106 cm³/mol. The van der Waals surface area contributed by atoms with E-state index >= 15 is 0 Å². The number of esters is 1. The number of anilines is 2. The van der Waals surface area contributed by atoms with Crippen LogP contribution in [0.5, 0.6) is 0 Å². The molecule has 2 aromatic heterocycles. The molecule has 0 radical (unpaired) electrons. The van der Waals surface area contributed by atoms with E-state index in [9.17, 15) is 14.4 Å². The number of ether oxygens (including phenoxy) is 3. The Balaban J connectivity index is 2.24. The Hall–Kier alpha value is -3.25. The van der Waals surface area contributed by atoms with Gasteiger partial charge in [-0.1, -0.05) is 6.92 Å². The smallest absolute Gasteiger partial charge is 0.374 e. The van der Waals surface area contributed by atoms with Crippen LogP contribution in [0.25, 0.3) is 0 Å². The summed E-state index contributed by atoms with van der Waals surface area (Å²) < 4.78 is 17.9. The van der Waals surface area contributed by atoms with Crippen molar-refractivity contribution < 1.29 is 28.6 Å². The molecule has 0 aliphatic carbocycles. The van der Waals surface area contributed by atoms with E-state index in [2.05, 4.69) is 20.6 Å². The number of aromatic nitrogens is 4. The Morgan fingerprint density at radius 3 is 2.07 bits per heavy atom. The summed E-state index contributed by atoms with van der Waals surface area (Å²) in [4.78, 5) is 44.9. The van der Waals surface area contributed by atoms with Gasteiger partial charge in [0, 0.05) is 20.6 Å². The second-order valence-electron chi connectivity index (χ2n) is 6.15. The molecular weight excluding hydrogens is 396 g/mol. The molecule has 2 heterocycles. The van der Waals surface area contributed by atoms with Gasteiger partial charge in [-0.3, -0.25) is 14.2 Å². The zero-order chi connectivity index (χ0) is 22.1. The van der Waals surface area contributed by atoms with Crippen LogP contribution in [0, 0.1) is 0 Å². The zero-order valence-corrected chi connectivity index (χ0v) is 17.4. The van der Waals surface area contributed by atoms with E-state index in [0.29, 0.717) is 12.8 Å². The highest BCUT2D eigenvalue weighted by Crippen LogP contribution is 2.14. The monoisotopic (exact) mass is 422 g/mol. The van der Waals surface area contributed by atoms with Crippen LogP contribution >= 0.6 is 0 Å². The third-order valence-electron chi connectivity index (χ3n) is 3.74. The molecule has 2 amide bonds. The highest BCUT2D eigenvalue weighted by atomic mass is 16.5. The lowest BCUT2D eigenvalue weighted by molar-refractivity contribution is -0.116. The number of rotatable bonds is 11. The topological polar surface area (TPSA) is 139 Å². The fraction of sp³-hybridized carbons (Fsp3) is 0.500. The third kappa shape index (κ3) is 5.87. The van der Waals surface area contributed by atoms with Crippen molar-refractivity contribution >= 4 is 29.4 Å². The quantitative estimate of drug-likeness (QED) is 0.519. The summed E-state index contributed by atoms with van der Waals surface area (Å²) in [6, 6.07) is 0. The standard InChI is InChI=1S/C18H26N6O6/c1-5-7-14(25)19-12-8-23(10-28-3)15(20-12)17(26)22-13-9-24(11-29-4)16(21-13)18(27)30-6-2/h8-9H,5-7,10-11H2,1-4H3,(H,19,25)(H,22,26). The predicted octanol–water partition coefficient (Wildman–Crippen LogP) is 1.45. The SMILES string of the molecule is CCCC(=O)Nc1cn(COC)c(C(=O)Nc2cn(COC)c(C(=O)OCC)n2)n1. The summed E-state index contributed by atoms with van der Waals surface area (Å²) >= 11 is 0. The number of methoxy groups -OCH3 is 2. The highest BCUT2D eigenvalue weighted by Gasteiger charge is 2.21. The van der Waals surface area contributed by atoms with Gasteiger partial charge in [-0.2, -0.15) is 0 Å². The van der Waals surface area contributed by atoms with Crippen LogP contribution in [0.2, 0.25) is 0 Å². The molecule has 0 atom stereocenters. The highest BCUT2D eigenvalue weighted by molar-refractivity contribution is 6.02. The van der Waals surface area contributed by atoms with Crippen LogP contribution < -0.4 is 10.6 Å². The van der Waals surface area contributed by atoms with Crippen LogP contribution in [0.1, 0.15) is 47.9 Å². The minimum absolute atomic E-state index is 0.00243. The number of amides is 2. The molecule has 0 spiro atoms. The molecule has 0 saturated carbocycles. The Bertz CT molecular complexity index is 890. The van der Waals surface area contributed by atoms with Gasteiger partial charge in [-0.25, -0.2) is 14.8 Å². The van der Waals surface area contributed by atoms with Gasteiger partial charge >= 0.3 is 5.97 Å². The zero-order valence-electron chi connectivity index (χ0n) is 17.4. The molecule has 12 nitrogen and oxygen atoms in total. The van der Waals surface area contributed by atoms with E-state index in [1.807, 2.05) is 6.92 Å². The third-order valence-corrected chi connectivity index (χ3v) is 3.74. The maximum atomic E-state index is 12.7. The van der Waals surface area contributed by atoms with E-state index in [1.165, 1.54) is 35.7 Å². The number of carbonyl (C=O) groups is 3. The first-order valence-corrected chi connectivity index (χ1v) is 9.33. The van der Waals surface area contributed by atoms with Gasteiger partial charge in [0.15, 0.2) is 11.6 Å². The largest absolute Gasteiger partial charge is 0.460 e. The summed E-state index contributed by atoms with van der Waals surface area (Å²) in [5.74, 6) is -1.11. The second-order valence-corrected chi connectivity index (χ2v) is 6.15. The van der Waals surface area contributed by atoms with E-state index in [1.54, 1.807) is 6.92 Å². The van der Waals surface area contributed by atoms with Gasteiger partial charge in [0.1, 0.15) is 13.5 Å². The van der Waals surface area contributed by atoms with E-state index in [4.69, 9.17) is 14.2 Å². The summed E-state index contributed by atoms with van der Waals surface area (Å²) in [6.07, 6.45) is 3.97. The molecule has 2 N–H and O–H groups in total.